The van der Waals surface area contributed by atoms with Gasteiger partial charge in [-0.1, -0.05) is 0 Å². The van der Waals surface area contributed by atoms with E-state index in [1.165, 1.54) is 6.92 Å². The van der Waals surface area contributed by atoms with Gasteiger partial charge in [0.2, 0.25) is 0 Å². The van der Waals surface area contributed by atoms with Gasteiger partial charge in [0.15, 0.2) is 11.8 Å². The highest BCUT2D eigenvalue weighted by molar-refractivity contribution is 6.01. The second kappa shape index (κ2) is 7.69. The number of rotatable bonds is 6. The first-order chi connectivity index (χ1) is 10.1. The predicted molar refractivity (Wildman–Crippen MR) is 77.9 cm³/mol. The van der Waals surface area contributed by atoms with Crippen molar-refractivity contribution in [1.82, 2.24) is 5.48 Å². The highest BCUT2D eigenvalue weighted by atomic mass is 16.7. The molecule has 0 amide bonds. The van der Waals surface area contributed by atoms with Gasteiger partial charge in [-0.3, -0.25) is 14.4 Å². The molecule has 0 spiro atoms. The molecule has 0 aromatic rings. The average Bonchev–Trinajstić information content (AvgIpc) is 2.36. The number of carbonyl (C=O) groups excluding carboxylic acids is 2. The molecule has 22 heavy (non-hydrogen) atoms. The summed E-state index contributed by atoms with van der Waals surface area (Å²) in [7, 11) is 0. The van der Waals surface area contributed by atoms with Gasteiger partial charge in [-0.25, -0.2) is 4.79 Å². The number of nitrogens with one attached hydrogen (secondary N) is 1. The number of Topliss-reactive ketones (excluding diaryl/α,β-unsaturated/α-hetero) is 1. The molecular formula is C15H25NO6. The Bertz CT molecular complexity index is 420. The number of hydrogen-bond donors (Lipinski definition) is 2. The Morgan fingerprint density at radius 3 is 2.09 bits per heavy atom. The van der Waals surface area contributed by atoms with Crippen LogP contribution in [0.15, 0.2) is 0 Å². The SMILES string of the molecule is CC(=O)C(NO[C@H]1CC[C@H](C(=O)O)CC1)C(=O)OC(C)(C)C. The lowest BCUT2D eigenvalue weighted by Gasteiger charge is -2.28. The van der Waals surface area contributed by atoms with E-state index in [9.17, 15) is 14.4 Å². The summed E-state index contributed by atoms with van der Waals surface area (Å²) in [6.07, 6.45) is 1.99. The number of aliphatic carboxylic acids is 1. The molecule has 0 bridgehead atoms. The number of hydrogen-bond acceptors (Lipinski definition) is 6. The number of ether oxygens (including phenoxy) is 1. The van der Waals surface area contributed by atoms with Crippen molar-refractivity contribution in [2.24, 2.45) is 5.92 Å². The van der Waals surface area contributed by atoms with Crippen LogP contribution in [0, 0.1) is 5.92 Å². The number of ketones is 1. The molecule has 1 aliphatic rings. The molecule has 1 fully saturated rings. The van der Waals surface area contributed by atoms with Crippen LogP contribution in [0.25, 0.3) is 0 Å². The van der Waals surface area contributed by atoms with E-state index < -0.39 is 29.4 Å². The smallest absolute Gasteiger partial charge is 0.333 e. The molecule has 0 heterocycles. The monoisotopic (exact) mass is 315 g/mol. The zero-order valence-corrected chi connectivity index (χ0v) is 13.5. The Morgan fingerprint density at radius 1 is 1.14 bits per heavy atom. The van der Waals surface area contributed by atoms with Gasteiger partial charge >= 0.3 is 11.9 Å². The molecule has 1 unspecified atom stereocenters. The predicted octanol–water partition coefficient (Wildman–Crippen LogP) is 1.45. The van der Waals surface area contributed by atoms with E-state index in [0.29, 0.717) is 25.7 Å². The van der Waals surface area contributed by atoms with E-state index in [-0.39, 0.29) is 12.0 Å². The lowest BCUT2D eigenvalue weighted by Crippen LogP contribution is -2.47. The van der Waals surface area contributed by atoms with Gasteiger partial charge in [-0.05, 0) is 53.4 Å². The summed E-state index contributed by atoms with van der Waals surface area (Å²) in [6.45, 7) is 6.44. The van der Waals surface area contributed by atoms with Crippen molar-refractivity contribution in [1.29, 1.82) is 0 Å². The molecule has 0 aliphatic heterocycles. The van der Waals surface area contributed by atoms with Gasteiger partial charge in [-0.15, -0.1) is 0 Å². The van der Waals surface area contributed by atoms with Crippen LogP contribution in [-0.4, -0.2) is 40.6 Å². The number of hydroxylamine groups is 1. The fourth-order valence-corrected chi connectivity index (χ4v) is 2.25. The van der Waals surface area contributed by atoms with Gasteiger partial charge in [0.05, 0.1) is 12.0 Å². The quantitative estimate of drug-likeness (QED) is 0.434. The summed E-state index contributed by atoms with van der Waals surface area (Å²) in [5.41, 5.74) is 1.80. The average molecular weight is 315 g/mol. The van der Waals surface area contributed by atoms with Crippen molar-refractivity contribution in [3.8, 4) is 0 Å². The number of esters is 1. The number of carboxylic acids is 1. The largest absolute Gasteiger partial charge is 0.481 e. The lowest BCUT2D eigenvalue weighted by atomic mass is 9.88. The maximum Gasteiger partial charge on any atom is 0.333 e. The van der Waals surface area contributed by atoms with Crippen molar-refractivity contribution in [2.75, 3.05) is 0 Å². The first-order valence-electron chi connectivity index (χ1n) is 7.47. The summed E-state index contributed by atoms with van der Waals surface area (Å²) in [5, 5.41) is 8.93. The van der Waals surface area contributed by atoms with Crippen LogP contribution in [0.3, 0.4) is 0 Å². The van der Waals surface area contributed by atoms with Crippen molar-refractivity contribution in [2.45, 2.75) is 71.1 Å². The lowest BCUT2D eigenvalue weighted by molar-refractivity contribution is -0.166. The van der Waals surface area contributed by atoms with E-state index in [2.05, 4.69) is 5.48 Å². The maximum absolute atomic E-state index is 12.0. The number of carboxylic acid groups (broad SMARTS) is 1. The minimum absolute atomic E-state index is 0.208. The third-order valence-electron chi connectivity index (χ3n) is 3.43. The third kappa shape index (κ3) is 6.11. The molecule has 2 N–H and O–H groups in total. The van der Waals surface area contributed by atoms with E-state index in [0.717, 1.165) is 0 Å². The summed E-state index contributed by atoms with van der Waals surface area (Å²) in [5.74, 6) is -2.20. The van der Waals surface area contributed by atoms with E-state index >= 15 is 0 Å². The Hall–Kier alpha value is -1.47. The normalized spacial score (nSPS) is 23.6. The van der Waals surface area contributed by atoms with Gasteiger partial charge in [0.25, 0.3) is 0 Å². The van der Waals surface area contributed by atoms with Crippen LogP contribution in [0.5, 0.6) is 0 Å². The zero-order chi connectivity index (χ0) is 16.9. The summed E-state index contributed by atoms with van der Waals surface area (Å²) >= 11 is 0. The van der Waals surface area contributed by atoms with Gasteiger partial charge in [-0.2, -0.15) is 5.48 Å². The van der Waals surface area contributed by atoms with Crippen LogP contribution in [-0.2, 0) is 24.0 Å². The molecule has 0 radical (unpaired) electrons. The van der Waals surface area contributed by atoms with Crippen LogP contribution < -0.4 is 5.48 Å². The third-order valence-corrected chi connectivity index (χ3v) is 3.43. The fourth-order valence-electron chi connectivity index (χ4n) is 2.25. The zero-order valence-electron chi connectivity index (χ0n) is 13.5. The second-order valence-electron chi connectivity index (χ2n) is 6.62. The molecule has 0 aromatic carbocycles. The second-order valence-corrected chi connectivity index (χ2v) is 6.62. The molecule has 1 saturated carbocycles. The van der Waals surface area contributed by atoms with E-state index in [1.54, 1.807) is 20.8 Å². The van der Waals surface area contributed by atoms with Crippen molar-refractivity contribution in [3.63, 3.8) is 0 Å². The Balaban J connectivity index is 2.47. The Kier molecular flexibility index (Phi) is 6.49. The molecule has 1 atom stereocenters. The molecule has 7 heteroatoms. The molecule has 126 valence electrons. The van der Waals surface area contributed by atoms with E-state index in [1.807, 2.05) is 0 Å². The Labute approximate surface area is 130 Å². The maximum atomic E-state index is 12.0. The van der Waals surface area contributed by atoms with Crippen LogP contribution >= 0.6 is 0 Å². The van der Waals surface area contributed by atoms with Crippen molar-refractivity contribution < 1.29 is 29.1 Å². The van der Waals surface area contributed by atoms with Crippen molar-refractivity contribution >= 4 is 17.7 Å². The molecule has 1 rings (SSSR count). The van der Waals surface area contributed by atoms with Crippen molar-refractivity contribution in [3.05, 3.63) is 0 Å². The highest BCUT2D eigenvalue weighted by Crippen LogP contribution is 2.26. The molecule has 0 saturated heterocycles. The van der Waals surface area contributed by atoms with Crippen LogP contribution in [0.2, 0.25) is 0 Å². The van der Waals surface area contributed by atoms with Gasteiger partial charge in [0.1, 0.15) is 5.60 Å². The summed E-state index contributed by atoms with van der Waals surface area (Å²) in [4.78, 5) is 39.8. The molecule has 1 aliphatic carbocycles. The minimum Gasteiger partial charge on any atom is -0.481 e. The van der Waals surface area contributed by atoms with Gasteiger partial charge in [0, 0.05) is 0 Å². The first kappa shape index (κ1) is 18.6. The summed E-state index contributed by atoms with van der Waals surface area (Å²) in [6, 6.07) is -1.17. The van der Waals surface area contributed by atoms with Gasteiger partial charge < -0.3 is 9.84 Å². The first-order valence-corrected chi connectivity index (χ1v) is 7.47. The minimum atomic E-state index is -1.17. The molecule has 7 nitrogen and oxygen atoms in total. The van der Waals surface area contributed by atoms with Crippen LogP contribution in [0.1, 0.15) is 53.4 Å². The summed E-state index contributed by atoms with van der Waals surface area (Å²) < 4.78 is 5.17. The van der Waals surface area contributed by atoms with Crippen LogP contribution in [0.4, 0.5) is 0 Å². The highest BCUT2D eigenvalue weighted by Gasteiger charge is 2.31. The molecular weight excluding hydrogens is 290 g/mol. The fraction of sp³-hybridized carbons (Fsp3) is 0.800. The molecule has 0 aromatic heterocycles. The van der Waals surface area contributed by atoms with E-state index in [4.69, 9.17) is 14.7 Å². The number of carbonyl (C=O) groups is 3. The Morgan fingerprint density at radius 2 is 1.68 bits per heavy atom. The standard InChI is InChI=1S/C15H25NO6/c1-9(17)12(14(20)21-15(2,3)4)16-22-11-7-5-10(6-8-11)13(18)19/h10-12,16H,5-8H2,1-4H3,(H,18,19)/t10-,11-,12?. The topological polar surface area (TPSA) is 102 Å².